The summed E-state index contributed by atoms with van der Waals surface area (Å²) in [5.74, 6) is -0.136. The molecule has 4 heteroatoms. The summed E-state index contributed by atoms with van der Waals surface area (Å²) in [7, 11) is 2.09. The number of piperidine rings is 1. The van der Waals surface area contributed by atoms with Gasteiger partial charge in [0, 0.05) is 12.6 Å². The van der Waals surface area contributed by atoms with Crippen LogP contribution in [-0.2, 0) is 10.2 Å². The Kier molecular flexibility index (Phi) is 3.50. The molecule has 1 N–H and O–H groups in total. The van der Waals surface area contributed by atoms with E-state index in [0.29, 0.717) is 0 Å². The number of carbonyl (C=O) groups is 1. The quantitative estimate of drug-likeness (QED) is 0.916. The Morgan fingerprint density at radius 1 is 1.35 bits per heavy atom. The lowest BCUT2D eigenvalue weighted by molar-refractivity contribution is -0.124. The molecule has 1 aliphatic carbocycles. The second-order valence-electron chi connectivity index (χ2n) is 6.16. The van der Waals surface area contributed by atoms with Crippen LogP contribution >= 0.6 is 0 Å². The van der Waals surface area contributed by atoms with E-state index in [0.717, 1.165) is 44.3 Å². The van der Waals surface area contributed by atoms with E-state index in [9.17, 15) is 9.18 Å². The van der Waals surface area contributed by atoms with Crippen molar-refractivity contribution in [3.63, 3.8) is 0 Å². The second-order valence-corrected chi connectivity index (χ2v) is 6.16. The topological polar surface area (TPSA) is 32.3 Å². The molecule has 0 aromatic heterocycles. The molecule has 0 bridgehead atoms. The number of benzene rings is 1. The third-order valence-corrected chi connectivity index (χ3v) is 4.54. The summed E-state index contributed by atoms with van der Waals surface area (Å²) in [4.78, 5) is 14.8. The predicted molar refractivity (Wildman–Crippen MR) is 76.0 cm³/mol. The third kappa shape index (κ3) is 2.57. The summed E-state index contributed by atoms with van der Waals surface area (Å²) in [5.41, 5.74) is 0.546. The summed E-state index contributed by atoms with van der Waals surface area (Å²) in [6.45, 7) is 2.03. The molecule has 0 radical (unpaired) electrons. The molecule has 1 heterocycles. The van der Waals surface area contributed by atoms with Crippen molar-refractivity contribution < 1.29 is 9.18 Å². The van der Waals surface area contributed by atoms with Crippen LogP contribution in [0.2, 0.25) is 0 Å². The van der Waals surface area contributed by atoms with Crippen molar-refractivity contribution in [2.75, 3.05) is 20.1 Å². The average Bonchev–Trinajstić information content (AvgIpc) is 3.21. The van der Waals surface area contributed by atoms with Gasteiger partial charge in [-0.05, 0) is 57.0 Å². The summed E-state index contributed by atoms with van der Waals surface area (Å²) in [6, 6.07) is 6.62. The monoisotopic (exact) mass is 276 g/mol. The van der Waals surface area contributed by atoms with E-state index in [-0.39, 0.29) is 17.8 Å². The van der Waals surface area contributed by atoms with Crippen molar-refractivity contribution in [2.24, 2.45) is 0 Å². The SMILES string of the molecule is CN1CCCC(NC(=O)C2(c3ccc(F)cc3)CC2)C1. The number of hydrogen-bond acceptors (Lipinski definition) is 2. The fourth-order valence-corrected chi connectivity index (χ4v) is 3.15. The van der Waals surface area contributed by atoms with Crippen LogP contribution in [0.3, 0.4) is 0 Å². The van der Waals surface area contributed by atoms with Crippen molar-refractivity contribution in [1.82, 2.24) is 10.2 Å². The van der Waals surface area contributed by atoms with E-state index in [1.807, 2.05) is 0 Å². The molecular weight excluding hydrogens is 255 g/mol. The number of hydrogen-bond donors (Lipinski definition) is 1. The Bertz CT molecular complexity index is 496. The van der Waals surface area contributed by atoms with Crippen LogP contribution in [0.25, 0.3) is 0 Å². The molecule has 108 valence electrons. The van der Waals surface area contributed by atoms with Crippen LogP contribution in [0, 0.1) is 5.82 Å². The van der Waals surface area contributed by atoms with Gasteiger partial charge in [0.25, 0.3) is 0 Å². The minimum Gasteiger partial charge on any atom is -0.351 e. The highest BCUT2D eigenvalue weighted by atomic mass is 19.1. The van der Waals surface area contributed by atoms with Crippen molar-refractivity contribution in [2.45, 2.75) is 37.1 Å². The van der Waals surface area contributed by atoms with Crippen LogP contribution in [-0.4, -0.2) is 37.0 Å². The Morgan fingerprint density at radius 2 is 2.05 bits per heavy atom. The second kappa shape index (κ2) is 5.17. The maximum absolute atomic E-state index is 13.0. The van der Waals surface area contributed by atoms with Gasteiger partial charge in [-0.15, -0.1) is 0 Å². The average molecular weight is 276 g/mol. The minimum atomic E-state index is -0.399. The molecule has 1 aliphatic heterocycles. The highest BCUT2D eigenvalue weighted by Crippen LogP contribution is 2.48. The molecule has 20 heavy (non-hydrogen) atoms. The van der Waals surface area contributed by atoms with Crippen LogP contribution < -0.4 is 5.32 Å². The number of likely N-dealkylation sites (N-methyl/N-ethyl adjacent to an activating group) is 1. The zero-order chi connectivity index (χ0) is 14.2. The van der Waals surface area contributed by atoms with E-state index < -0.39 is 5.41 Å². The molecule has 1 saturated carbocycles. The Labute approximate surface area is 119 Å². The van der Waals surface area contributed by atoms with E-state index in [2.05, 4.69) is 17.3 Å². The number of likely N-dealkylation sites (tertiary alicyclic amines) is 1. The first-order valence-electron chi connectivity index (χ1n) is 7.36. The summed E-state index contributed by atoms with van der Waals surface area (Å²) in [5, 5.41) is 3.19. The molecule has 1 aromatic carbocycles. The molecule has 2 fully saturated rings. The van der Waals surface area contributed by atoms with E-state index in [4.69, 9.17) is 0 Å². The fraction of sp³-hybridized carbons (Fsp3) is 0.562. The molecular formula is C16H21FN2O. The minimum absolute atomic E-state index is 0.115. The lowest BCUT2D eigenvalue weighted by atomic mass is 9.94. The van der Waals surface area contributed by atoms with Gasteiger partial charge in [-0.3, -0.25) is 4.79 Å². The van der Waals surface area contributed by atoms with Gasteiger partial charge < -0.3 is 10.2 Å². The maximum atomic E-state index is 13.0. The lowest BCUT2D eigenvalue weighted by Gasteiger charge is -2.31. The summed E-state index contributed by atoms with van der Waals surface area (Å²) < 4.78 is 13.0. The van der Waals surface area contributed by atoms with E-state index in [1.165, 1.54) is 12.1 Å². The van der Waals surface area contributed by atoms with Crippen molar-refractivity contribution in [3.8, 4) is 0 Å². The van der Waals surface area contributed by atoms with Gasteiger partial charge in [0.15, 0.2) is 0 Å². The lowest BCUT2D eigenvalue weighted by Crippen LogP contribution is -2.49. The zero-order valence-electron chi connectivity index (χ0n) is 11.9. The van der Waals surface area contributed by atoms with E-state index in [1.54, 1.807) is 12.1 Å². The molecule has 0 spiro atoms. The first-order chi connectivity index (χ1) is 9.60. The predicted octanol–water partition coefficient (Wildman–Crippen LogP) is 2.07. The van der Waals surface area contributed by atoms with Gasteiger partial charge in [-0.1, -0.05) is 12.1 Å². The number of halogens is 1. The fourth-order valence-electron chi connectivity index (χ4n) is 3.15. The van der Waals surface area contributed by atoms with Crippen LogP contribution in [0.4, 0.5) is 4.39 Å². The normalized spacial score (nSPS) is 25.2. The number of rotatable bonds is 3. The number of amides is 1. The highest BCUT2D eigenvalue weighted by Gasteiger charge is 2.51. The van der Waals surface area contributed by atoms with E-state index >= 15 is 0 Å². The number of nitrogens with one attached hydrogen (secondary N) is 1. The number of carbonyl (C=O) groups excluding carboxylic acids is 1. The van der Waals surface area contributed by atoms with Crippen LogP contribution in [0.5, 0.6) is 0 Å². The van der Waals surface area contributed by atoms with Crippen molar-refractivity contribution in [1.29, 1.82) is 0 Å². The molecule has 1 amide bonds. The molecule has 1 aromatic rings. The molecule has 1 unspecified atom stereocenters. The molecule has 1 atom stereocenters. The smallest absolute Gasteiger partial charge is 0.230 e. The summed E-state index contributed by atoms with van der Waals surface area (Å²) >= 11 is 0. The maximum Gasteiger partial charge on any atom is 0.230 e. The van der Waals surface area contributed by atoms with Gasteiger partial charge in [0.05, 0.1) is 5.41 Å². The Morgan fingerprint density at radius 3 is 2.65 bits per heavy atom. The first-order valence-corrected chi connectivity index (χ1v) is 7.36. The molecule has 3 rings (SSSR count). The number of nitrogens with zero attached hydrogens (tertiary/aromatic N) is 1. The van der Waals surface area contributed by atoms with Gasteiger partial charge >= 0.3 is 0 Å². The third-order valence-electron chi connectivity index (χ3n) is 4.54. The van der Waals surface area contributed by atoms with Gasteiger partial charge in [-0.2, -0.15) is 0 Å². The standard InChI is InChI=1S/C16H21FN2O/c1-19-10-2-3-14(11-19)18-15(20)16(8-9-16)12-4-6-13(17)7-5-12/h4-7,14H,2-3,8-11H2,1H3,(H,18,20). The molecule has 1 saturated heterocycles. The van der Waals surface area contributed by atoms with Gasteiger partial charge in [-0.25, -0.2) is 4.39 Å². The van der Waals surface area contributed by atoms with Gasteiger partial charge in [0.2, 0.25) is 5.91 Å². The largest absolute Gasteiger partial charge is 0.351 e. The van der Waals surface area contributed by atoms with Crippen molar-refractivity contribution >= 4 is 5.91 Å². The first kappa shape index (κ1) is 13.6. The molecule has 3 nitrogen and oxygen atoms in total. The van der Waals surface area contributed by atoms with Crippen LogP contribution in [0.1, 0.15) is 31.2 Å². The highest BCUT2D eigenvalue weighted by molar-refractivity contribution is 5.91. The van der Waals surface area contributed by atoms with Gasteiger partial charge in [0.1, 0.15) is 5.82 Å². The van der Waals surface area contributed by atoms with Crippen LogP contribution in [0.15, 0.2) is 24.3 Å². The molecule has 2 aliphatic rings. The summed E-state index contributed by atoms with van der Waals surface area (Å²) in [6.07, 6.45) is 3.92. The Hall–Kier alpha value is -1.42. The zero-order valence-corrected chi connectivity index (χ0v) is 11.9. The van der Waals surface area contributed by atoms with Crippen molar-refractivity contribution in [3.05, 3.63) is 35.6 Å². The Balaban J connectivity index is 1.68.